The summed E-state index contributed by atoms with van der Waals surface area (Å²) in [4.78, 5) is 12.0. The zero-order chi connectivity index (χ0) is 15.3. The van der Waals surface area contributed by atoms with Gasteiger partial charge < -0.3 is 10.1 Å². The van der Waals surface area contributed by atoms with Crippen LogP contribution in [-0.4, -0.2) is 23.9 Å². The third-order valence-corrected chi connectivity index (χ3v) is 3.32. The Hall–Kier alpha value is -1.18. The zero-order valence-corrected chi connectivity index (χ0v) is 12.4. The van der Waals surface area contributed by atoms with Crippen LogP contribution in [0.2, 0.25) is 5.02 Å². The van der Waals surface area contributed by atoms with Crippen LogP contribution in [0.3, 0.4) is 0 Å². The summed E-state index contributed by atoms with van der Waals surface area (Å²) < 4.78 is 32.0. The molecular weight excluding hydrogens is 310 g/mol. The molecule has 20 heavy (non-hydrogen) atoms. The standard InChI is InChI=1S/C12H13ClF2N2O2S/c1-3-20-12(16)17-11(18)9-6(5-19-2)7(13)4-8(14)10(9)15/h4H,3,5H2,1-2H3,(H2,16,17,18). The molecule has 0 spiro atoms. The van der Waals surface area contributed by atoms with Gasteiger partial charge in [0.15, 0.2) is 16.8 Å². The van der Waals surface area contributed by atoms with Crippen molar-refractivity contribution in [2.24, 2.45) is 0 Å². The number of carbonyl (C=O) groups excluding carboxylic acids is 1. The summed E-state index contributed by atoms with van der Waals surface area (Å²) in [6, 6.07) is 0.786. The fourth-order valence-corrected chi connectivity index (χ4v) is 2.20. The number of amidine groups is 1. The number of nitrogens with one attached hydrogen (secondary N) is 2. The predicted molar refractivity (Wildman–Crippen MR) is 75.4 cm³/mol. The van der Waals surface area contributed by atoms with E-state index in [0.717, 1.165) is 17.8 Å². The lowest BCUT2D eigenvalue weighted by Crippen LogP contribution is -2.30. The Morgan fingerprint density at radius 1 is 1.55 bits per heavy atom. The lowest BCUT2D eigenvalue weighted by molar-refractivity contribution is 0.0967. The van der Waals surface area contributed by atoms with Crippen molar-refractivity contribution in [2.45, 2.75) is 13.5 Å². The normalized spacial score (nSPS) is 10.4. The summed E-state index contributed by atoms with van der Waals surface area (Å²) in [6.45, 7) is 1.65. The van der Waals surface area contributed by atoms with Gasteiger partial charge in [0.25, 0.3) is 5.91 Å². The number of ether oxygens (including phenoxy) is 1. The molecule has 0 fully saturated rings. The van der Waals surface area contributed by atoms with E-state index < -0.39 is 23.1 Å². The number of amides is 1. The molecule has 0 heterocycles. The second-order valence-corrected chi connectivity index (χ2v) is 5.34. The number of carbonyl (C=O) groups is 1. The van der Waals surface area contributed by atoms with Crippen LogP contribution in [0.25, 0.3) is 0 Å². The van der Waals surface area contributed by atoms with Crippen LogP contribution in [0.15, 0.2) is 6.07 Å². The molecule has 1 aromatic rings. The summed E-state index contributed by atoms with van der Waals surface area (Å²) in [6.07, 6.45) is 0. The van der Waals surface area contributed by atoms with Crippen molar-refractivity contribution in [1.82, 2.24) is 5.32 Å². The van der Waals surface area contributed by atoms with Crippen LogP contribution in [0.1, 0.15) is 22.8 Å². The van der Waals surface area contributed by atoms with Crippen molar-refractivity contribution < 1.29 is 18.3 Å². The van der Waals surface area contributed by atoms with Gasteiger partial charge in [0.2, 0.25) is 0 Å². The molecule has 1 amide bonds. The highest BCUT2D eigenvalue weighted by Gasteiger charge is 2.24. The summed E-state index contributed by atoms with van der Waals surface area (Å²) in [5.41, 5.74) is -0.502. The predicted octanol–water partition coefficient (Wildman–Crippen LogP) is 3.18. The van der Waals surface area contributed by atoms with Crippen molar-refractivity contribution >= 4 is 34.4 Å². The number of methoxy groups -OCH3 is 1. The Balaban J connectivity index is 3.20. The van der Waals surface area contributed by atoms with Gasteiger partial charge in [-0.2, -0.15) is 0 Å². The number of benzene rings is 1. The van der Waals surface area contributed by atoms with Crippen molar-refractivity contribution in [1.29, 1.82) is 5.41 Å². The minimum absolute atomic E-state index is 0.0415. The summed E-state index contributed by atoms with van der Waals surface area (Å²) >= 11 is 6.86. The third-order valence-electron chi connectivity index (χ3n) is 2.30. The molecule has 0 saturated carbocycles. The molecule has 110 valence electrons. The topological polar surface area (TPSA) is 62.2 Å². The van der Waals surface area contributed by atoms with E-state index in [2.05, 4.69) is 5.32 Å². The molecular formula is C12H13ClF2N2O2S. The fourth-order valence-electron chi connectivity index (χ4n) is 1.50. The van der Waals surface area contributed by atoms with Crippen molar-refractivity contribution in [2.75, 3.05) is 12.9 Å². The average molecular weight is 323 g/mol. The van der Waals surface area contributed by atoms with E-state index in [1.54, 1.807) is 6.92 Å². The Kier molecular flexibility index (Phi) is 6.38. The Morgan fingerprint density at radius 3 is 2.75 bits per heavy atom. The second-order valence-electron chi connectivity index (χ2n) is 3.66. The van der Waals surface area contributed by atoms with E-state index in [0.29, 0.717) is 5.75 Å². The van der Waals surface area contributed by atoms with E-state index >= 15 is 0 Å². The molecule has 2 N–H and O–H groups in total. The monoisotopic (exact) mass is 322 g/mol. The van der Waals surface area contributed by atoms with Gasteiger partial charge in [0.05, 0.1) is 17.2 Å². The number of hydrogen-bond acceptors (Lipinski definition) is 4. The molecule has 0 unspecified atom stereocenters. The number of rotatable bonds is 4. The summed E-state index contributed by atoms with van der Waals surface area (Å²) in [7, 11) is 1.34. The zero-order valence-electron chi connectivity index (χ0n) is 10.9. The van der Waals surface area contributed by atoms with Crippen LogP contribution < -0.4 is 5.32 Å². The van der Waals surface area contributed by atoms with E-state index in [-0.39, 0.29) is 22.4 Å². The molecule has 0 aromatic heterocycles. The minimum atomic E-state index is -1.31. The molecule has 8 heteroatoms. The SMILES string of the molecule is CCSC(=N)NC(=O)c1c(F)c(F)cc(Cl)c1COC. The van der Waals surface area contributed by atoms with Gasteiger partial charge in [-0.15, -0.1) is 0 Å². The molecule has 0 aliphatic rings. The number of thioether (sulfide) groups is 1. The van der Waals surface area contributed by atoms with Gasteiger partial charge in [-0.1, -0.05) is 30.3 Å². The van der Waals surface area contributed by atoms with Gasteiger partial charge in [0, 0.05) is 12.7 Å². The first kappa shape index (κ1) is 16.9. The van der Waals surface area contributed by atoms with Gasteiger partial charge in [0.1, 0.15) is 0 Å². The quantitative estimate of drug-likeness (QED) is 0.508. The highest BCUT2D eigenvalue weighted by molar-refractivity contribution is 8.13. The smallest absolute Gasteiger partial charge is 0.260 e. The number of hydrogen-bond donors (Lipinski definition) is 2. The van der Waals surface area contributed by atoms with Crippen LogP contribution in [0.5, 0.6) is 0 Å². The Bertz CT molecular complexity index is 541. The highest BCUT2D eigenvalue weighted by atomic mass is 35.5. The first-order valence-corrected chi connectivity index (χ1v) is 6.96. The minimum Gasteiger partial charge on any atom is -0.380 e. The first-order valence-electron chi connectivity index (χ1n) is 5.60. The molecule has 0 atom stereocenters. The lowest BCUT2D eigenvalue weighted by Gasteiger charge is -2.13. The van der Waals surface area contributed by atoms with Crippen molar-refractivity contribution in [3.63, 3.8) is 0 Å². The van der Waals surface area contributed by atoms with Crippen LogP contribution in [0, 0.1) is 17.0 Å². The number of halogens is 3. The molecule has 0 aliphatic heterocycles. The fraction of sp³-hybridized carbons (Fsp3) is 0.333. The summed E-state index contributed by atoms with van der Waals surface area (Å²) in [5, 5.41) is 9.39. The molecule has 4 nitrogen and oxygen atoms in total. The Morgan fingerprint density at radius 2 is 2.20 bits per heavy atom. The molecule has 0 bridgehead atoms. The first-order chi connectivity index (χ1) is 9.42. The highest BCUT2D eigenvalue weighted by Crippen LogP contribution is 2.26. The largest absolute Gasteiger partial charge is 0.380 e. The van der Waals surface area contributed by atoms with E-state index in [4.69, 9.17) is 21.7 Å². The molecule has 1 aromatic carbocycles. The van der Waals surface area contributed by atoms with Gasteiger partial charge in [-0.3, -0.25) is 10.2 Å². The average Bonchev–Trinajstić information content (AvgIpc) is 2.36. The Labute approximate surface area is 124 Å². The lowest BCUT2D eigenvalue weighted by atomic mass is 10.1. The maximum Gasteiger partial charge on any atom is 0.260 e. The second kappa shape index (κ2) is 7.56. The van der Waals surface area contributed by atoms with Gasteiger partial charge >= 0.3 is 0 Å². The molecule has 1 rings (SSSR count). The van der Waals surface area contributed by atoms with Crippen LogP contribution >= 0.6 is 23.4 Å². The molecule has 0 radical (unpaired) electrons. The molecule has 0 aliphatic carbocycles. The molecule has 0 saturated heterocycles. The van der Waals surface area contributed by atoms with E-state index in [9.17, 15) is 13.6 Å². The van der Waals surface area contributed by atoms with Gasteiger partial charge in [-0.05, 0) is 11.8 Å². The van der Waals surface area contributed by atoms with Crippen molar-refractivity contribution in [3.8, 4) is 0 Å². The van der Waals surface area contributed by atoms with Crippen molar-refractivity contribution in [3.05, 3.63) is 33.9 Å². The van der Waals surface area contributed by atoms with Crippen LogP contribution in [0.4, 0.5) is 8.78 Å². The maximum absolute atomic E-state index is 13.8. The van der Waals surface area contributed by atoms with Crippen LogP contribution in [-0.2, 0) is 11.3 Å². The van der Waals surface area contributed by atoms with Gasteiger partial charge in [-0.25, -0.2) is 8.78 Å². The maximum atomic E-state index is 13.8. The summed E-state index contributed by atoms with van der Waals surface area (Å²) in [5.74, 6) is -2.90. The van der Waals surface area contributed by atoms with E-state index in [1.165, 1.54) is 7.11 Å². The third kappa shape index (κ3) is 3.91. The van der Waals surface area contributed by atoms with E-state index in [1.807, 2.05) is 0 Å².